The van der Waals surface area contributed by atoms with Crippen molar-refractivity contribution < 1.29 is 17.9 Å². The summed E-state index contributed by atoms with van der Waals surface area (Å²) in [5.74, 6) is 0.581. The molecular weight excluding hydrogens is 481 g/mol. The summed E-state index contributed by atoms with van der Waals surface area (Å²) in [4.78, 5) is 17.2. The highest BCUT2D eigenvalue weighted by Gasteiger charge is 2.24. The first-order chi connectivity index (χ1) is 14.9. The summed E-state index contributed by atoms with van der Waals surface area (Å²) in [7, 11) is -3.75. The third-order valence-electron chi connectivity index (χ3n) is 4.32. The quantitative estimate of drug-likeness (QED) is 0.415. The van der Waals surface area contributed by atoms with Gasteiger partial charge in [-0.15, -0.1) is 23.2 Å². The van der Waals surface area contributed by atoms with Crippen LogP contribution >= 0.6 is 34.5 Å². The molecule has 1 amide bonds. The molecule has 0 aliphatic heterocycles. The number of anilines is 1. The van der Waals surface area contributed by atoms with Gasteiger partial charge in [0.2, 0.25) is 10.0 Å². The van der Waals surface area contributed by atoms with Crippen LogP contribution in [-0.2, 0) is 10.0 Å². The van der Waals surface area contributed by atoms with Gasteiger partial charge in [0.25, 0.3) is 5.91 Å². The number of fused-ring (bicyclic) bond motifs is 1. The molecule has 2 aromatic carbocycles. The summed E-state index contributed by atoms with van der Waals surface area (Å²) in [6.45, 7) is 2.71. The van der Waals surface area contributed by atoms with Crippen LogP contribution in [0.5, 0.6) is 5.75 Å². The predicted octanol–water partition coefficient (Wildman–Crippen LogP) is 4.42. The van der Waals surface area contributed by atoms with Gasteiger partial charge in [-0.3, -0.25) is 10.1 Å². The summed E-state index contributed by atoms with van der Waals surface area (Å²) >= 11 is 12.8. The number of hydrogen-bond acceptors (Lipinski definition) is 6. The molecule has 1 aromatic heterocycles. The zero-order valence-electron chi connectivity index (χ0n) is 16.7. The number of hydrogen-bond donors (Lipinski definition) is 1. The van der Waals surface area contributed by atoms with E-state index in [1.54, 1.807) is 0 Å². The van der Waals surface area contributed by atoms with Gasteiger partial charge in [-0.1, -0.05) is 17.4 Å². The number of carbonyl (C=O) groups excluding carboxylic acids is 1. The summed E-state index contributed by atoms with van der Waals surface area (Å²) in [6, 6.07) is 11.3. The van der Waals surface area contributed by atoms with E-state index in [1.807, 2.05) is 25.1 Å². The van der Waals surface area contributed by atoms with E-state index in [4.69, 9.17) is 27.9 Å². The molecule has 0 spiro atoms. The van der Waals surface area contributed by atoms with Gasteiger partial charge in [-0.05, 0) is 43.3 Å². The van der Waals surface area contributed by atoms with Crippen molar-refractivity contribution in [1.82, 2.24) is 9.29 Å². The Hall–Kier alpha value is -1.91. The zero-order valence-corrected chi connectivity index (χ0v) is 19.8. The zero-order chi connectivity index (χ0) is 22.4. The van der Waals surface area contributed by atoms with Gasteiger partial charge >= 0.3 is 0 Å². The predicted molar refractivity (Wildman–Crippen MR) is 125 cm³/mol. The number of carbonyl (C=O) groups is 1. The minimum atomic E-state index is -3.75. The van der Waals surface area contributed by atoms with E-state index in [2.05, 4.69) is 10.3 Å². The molecule has 0 saturated carbocycles. The van der Waals surface area contributed by atoms with Crippen molar-refractivity contribution in [2.24, 2.45) is 0 Å². The Labute approximate surface area is 195 Å². The molecule has 0 aliphatic carbocycles. The van der Waals surface area contributed by atoms with Crippen LogP contribution in [0.2, 0.25) is 0 Å². The van der Waals surface area contributed by atoms with E-state index in [9.17, 15) is 13.2 Å². The van der Waals surface area contributed by atoms with Gasteiger partial charge in [0.15, 0.2) is 5.13 Å². The molecule has 0 unspecified atom stereocenters. The maximum Gasteiger partial charge on any atom is 0.257 e. The Morgan fingerprint density at radius 1 is 1.13 bits per heavy atom. The van der Waals surface area contributed by atoms with E-state index in [-0.39, 0.29) is 35.7 Å². The molecule has 0 radical (unpaired) electrons. The van der Waals surface area contributed by atoms with E-state index >= 15 is 0 Å². The molecule has 0 saturated heterocycles. The maximum absolute atomic E-state index is 12.8. The molecule has 1 N–H and O–H groups in total. The molecule has 31 heavy (non-hydrogen) atoms. The standard InChI is InChI=1S/C20H21Cl2N3O4S2/c1-2-29-16-4-3-5-17-18(16)23-20(30-17)24-19(26)14-6-8-15(9-7-14)31(27,28)25(12-10-21)13-11-22/h3-9H,2,10-13H2,1H3,(H,23,24,26). The minimum absolute atomic E-state index is 0.0700. The summed E-state index contributed by atoms with van der Waals surface area (Å²) < 4.78 is 33.2. The fourth-order valence-electron chi connectivity index (χ4n) is 2.89. The number of ether oxygens (including phenoxy) is 1. The number of aromatic nitrogens is 1. The van der Waals surface area contributed by atoms with E-state index in [0.717, 1.165) is 4.70 Å². The van der Waals surface area contributed by atoms with Crippen LogP contribution in [-0.4, -0.2) is 55.1 Å². The molecule has 7 nitrogen and oxygen atoms in total. The van der Waals surface area contributed by atoms with Crippen molar-refractivity contribution in [3.8, 4) is 5.75 Å². The molecule has 1 heterocycles. The lowest BCUT2D eigenvalue weighted by molar-refractivity contribution is 0.102. The number of amides is 1. The number of para-hydroxylation sites is 1. The number of rotatable bonds is 10. The summed E-state index contributed by atoms with van der Waals surface area (Å²) in [5.41, 5.74) is 0.995. The number of sulfonamides is 1. The fraction of sp³-hybridized carbons (Fsp3) is 0.300. The van der Waals surface area contributed by atoms with Gasteiger partial charge in [0.05, 0.1) is 16.2 Å². The highest BCUT2D eigenvalue weighted by Crippen LogP contribution is 2.32. The molecule has 3 rings (SSSR count). The molecule has 0 bridgehead atoms. The average molecular weight is 502 g/mol. The number of thiazole rings is 1. The Bertz CT molecular complexity index is 1140. The second kappa shape index (κ2) is 10.6. The van der Waals surface area contributed by atoms with Crippen LogP contribution < -0.4 is 10.1 Å². The van der Waals surface area contributed by atoms with Crippen molar-refractivity contribution in [1.29, 1.82) is 0 Å². The smallest absolute Gasteiger partial charge is 0.257 e. The van der Waals surface area contributed by atoms with Gasteiger partial charge < -0.3 is 4.74 Å². The highest BCUT2D eigenvalue weighted by atomic mass is 35.5. The average Bonchev–Trinajstić information content (AvgIpc) is 3.17. The third kappa shape index (κ3) is 5.48. The Kier molecular flexibility index (Phi) is 8.12. The molecule has 0 fully saturated rings. The number of halogens is 2. The second-order valence-electron chi connectivity index (χ2n) is 6.32. The summed E-state index contributed by atoms with van der Waals surface area (Å²) in [6.07, 6.45) is 0. The van der Waals surface area contributed by atoms with E-state index in [1.165, 1.54) is 39.9 Å². The Balaban J connectivity index is 1.78. The van der Waals surface area contributed by atoms with E-state index in [0.29, 0.717) is 28.6 Å². The van der Waals surface area contributed by atoms with Gasteiger partial charge in [-0.25, -0.2) is 13.4 Å². The van der Waals surface area contributed by atoms with Gasteiger partial charge in [-0.2, -0.15) is 4.31 Å². The monoisotopic (exact) mass is 501 g/mol. The lowest BCUT2D eigenvalue weighted by atomic mass is 10.2. The van der Waals surface area contributed by atoms with Crippen LogP contribution in [0, 0.1) is 0 Å². The van der Waals surface area contributed by atoms with Crippen molar-refractivity contribution in [3.05, 3.63) is 48.0 Å². The lowest BCUT2D eigenvalue weighted by Gasteiger charge is -2.20. The molecule has 166 valence electrons. The second-order valence-corrected chi connectivity index (χ2v) is 10.0. The SMILES string of the molecule is CCOc1cccc2sc(NC(=O)c3ccc(S(=O)(=O)N(CCCl)CCCl)cc3)nc12. The fourth-order valence-corrected chi connectivity index (χ4v) is 5.81. The number of benzene rings is 2. The molecular formula is C20H21Cl2N3O4S2. The van der Waals surface area contributed by atoms with Crippen LogP contribution in [0.1, 0.15) is 17.3 Å². The molecule has 3 aromatic rings. The van der Waals surface area contributed by atoms with Crippen LogP contribution in [0.4, 0.5) is 5.13 Å². The topological polar surface area (TPSA) is 88.6 Å². The van der Waals surface area contributed by atoms with Crippen molar-refractivity contribution >= 4 is 65.8 Å². The minimum Gasteiger partial charge on any atom is -0.492 e. The first kappa shape index (κ1) is 23.7. The largest absolute Gasteiger partial charge is 0.492 e. The lowest BCUT2D eigenvalue weighted by Crippen LogP contribution is -2.34. The Morgan fingerprint density at radius 3 is 2.42 bits per heavy atom. The highest BCUT2D eigenvalue weighted by molar-refractivity contribution is 7.89. The van der Waals surface area contributed by atoms with E-state index < -0.39 is 10.0 Å². The third-order valence-corrected chi connectivity index (χ3v) is 7.51. The van der Waals surface area contributed by atoms with Crippen molar-refractivity contribution in [2.45, 2.75) is 11.8 Å². The molecule has 0 aliphatic rings. The summed E-state index contributed by atoms with van der Waals surface area (Å²) in [5, 5.41) is 3.19. The maximum atomic E-state index is 12.8. The van der Waals surface area contributed by atoms with Crippen molar-refractivity contribution in [3.63, 3.8) is 0 Å². The molecule has 0 atom stereocenters. The number of alkyl halides is 2. The van der Waals surface area contributed by atoms with Crippen LogP contribution in [0.25, 0.3) is 10.2 Å². The number of nitrogens with one attached hydrogen (secondary N) is 1. The Morgan fingerprint density at radius 2 is 1.81 bits per heavy atom. The number of nitrogens with zero attached hydrogens (tertiary/aromatic N) is 2. The van der Waals surface area contributed by atoms with Gasteiger partial charge in [0, 0.05) is 30.4 Å². The van der Waals surface area contributed by atoms with Gasteiger partial charge in [0.1, 0.15) is 11.3 Å². The van der Waals surface area contributed by atoms with Crippen LogP contribution in [0.3, 0.4) is 0 Å². The van der Waals surface area contributed by atoms with Crippen LogP contribution in [0.15, 0.2) is 47.4 Å². The first-order valence-electron chi connectivity index (χ1n) is 9.46. The normalized spacial score (nSPS) is 11.7. The van der Waals surface area contributed by atoms with Crippen molar-refractivity contribution in [2.75, 3.05) is 36.8 Å². The molecule has 11 heteroatoms. The first-order valence-corrected chi connectivity index (χ1v) is 12.8.